The molecule has 0 fully saturated rings. The number of carbonyl (C=O) groups is 2. The average Bonchev–Trinajstić information content (AvgIpc) is 2.76. The highest BCUT2D eigenvalue weighted by Crippen LogP contribution is 2.38. The van der Waals surface area contributed by atoms with Crippen LogP contribution in [-0.2, 0) is 4.57 Å². The molecule has 0 aliphatic carbocycles. The summed E-state index contributed by atoms with van der Waals surface area (Å²) in [7, 11) is 0.0592. The molecule has 0 aliphatic heterocycles. The maximum Gasteiger partial charge on any atom is 0.225 e. The summed E-state index contributed by atoms with van der Waals surface area (Å²) in [6, 6.07) is 9.99. The molecule has 2 rings (SSSR count). The van der Waals surface area contributed by atoms with Crippen molar-refractivity contribution in [3.05, 3.63) is 47.5 Å². The van der Waals surface area contributed by atoms with Crippen molar-refractivity contribution >= 4 is 19.1 Å². The summed E-state index contributed by atoms with van der Waals surface area (Å²) in [5, 5.41) is 0. The van der Waals surface area contributed by atoms with Gasteiger partial charge in [0.1, 0.15) is 41.9 Å². The molecule has 1 atom stereocenters. The predicted molar refractivity (Wildman–Crippen MR) is 115 cm³/mol. The lowest BCUT2D eigenvalue weighted by molar-refractivity contribution is 0.0981. The van der Waals surface area contributed by atoms with Crippen LogP contribution in [0.5, 0.6) is 23.0 Å². The van der Waals surface area contributed by atoms with Crippen molar-refractivity contribution in [3.63, 3.8) is 0 Å². The molecular weight excluding hydrogens is 407 g/mol. The lowest BCUT2D eigenvalue weighted by atomic mass is 10.1. The van der Waals surface area contributed by atoms with Crippen LogP contribution in [0.15, 0.2) is 36.4 Å². The second-order valence-corrected chi connectivity index (χ2v) is 8.01. The van der Waals surface area contributed by atoms with Crippen molar-refractivity contribution in [2.24, 2.45) is 0 Å². The zero-order valence-corrected chi connectivity index (χ0v) is 18.7. The van der Waals surface area contributed by atoms with E-state index in [9.17, 15) is 14.2 Å². The maximum absolute atomic E-state index is 12.9. The second-order valence-electron chi connectivity index (χ2n) is 6.21. The monoisotopic (exact) mass is 434 g/mol. The lowest BCUT2D eigenvalue weighted by Gasteiger charge is -2.14. The summed E-state index contributed by atoms with van der Waals surface area (Å²) in [5.41, 5.74) is -0.146. The van der Waals surface area contributed by atoms with E-state index in [0.717, 1.165) is 0 Å². The van der Waals surface area contributed by atoms with E-state index in [0.29, 0.717) is 30.3 Å². The Kier molecular flexibility index (Phi) is 8.93. The standard InChI is InChI=1S/C22H27O7P/c1-5-28-18-11-8-12-19(29-6-2)20(18)15(23)13-14-30(25)22(24)21-16(26-3)9-7-10-17(21)27-4/h7-12,30H,5-6,13-14H2,1-4H3. The first-order chi connectivity index (χ1) is 14.5. The molecule has 2 aromatic carbocycles. The summed E-state index contributed by atoms with van der Waals surface area (Å²) >= 11 is 0. The highest BCUT2D eigenvalue weighted by molar-refractivity contribution is 7.64. The molecule has 0 aromatic heterocycles. The second kappa shape index (κ2) is 11.4. The number of Topliss-reactive ketones (excluding diaryl/α,β-unsaturated/α-hetero) is 1. The van der Waals surface area contributed by atoms with Crippen molar-refractivity contribution in [1.82, 2.24) is 0 Å². The Bertz CT molecular complexity index is 877. The van der Waals surface area contributed by atoms with E-state index >= 15 is 0 Å². The van der Waals surface area contributed by atoms with E-state index in [-0.39, 0.29) is 35.4 Å². The molecule has 2 aromatic rings. The van der Waals surface area contributed by atoms with E-state index in [1.54, 1.807) is 36.4 Å². The van der Waals surface area contributed by atoms with Crippen LogP contribution in [0.3, 0.4) is 0 Å². The molecule has 1 unspecified atom stereocenters. The highest BCUT2D eigenvalue weighted by Gasteiger charge is 2.25. The molecule has 0 aliphatic rings. The van der Waals surface area contributed by atoms with Crippen LogP contribution in [0, 0.1) is 0 Å². The van der Waals surface area contributed by atoms with Crippen LogP contribution < -0.4 is 18.9 Å². The fourth-order valence-electron chi connectivity index (χ4n) is 3.02. The molecule has 0 amide bonds. The molecule has 0 heterocycles. The van der Waals surface area contributed by atoms with Crippen molar-refractivity contribution in [2.45, 2.75) is 20.3 Å². The third-order valence-corrected chi connectivity index (χ3v) is 5.81. The van der Waals surface area contributed by atoms with E-state index in [2.05, 4.69) is 0 Å². The Morgan fingerprint density at radius 2 is 1.27 bits per heavy atom. The Morgan fingerprint density at radius 3 is 1.70 bits per heavy atom. The van der Waals surface area contributed by atoms with Gasteiger partial charge in [-0.05, 0) is 38.1 Å². The van der Waals surface area contributed by atoms with Gasteiger partial charge >= 0.3 is 0 Å². The minimum atomic E-state index is -2.79. The molecule has 162 valence electrons. The summed E-state index contributed by atoms with van der Waals surface area (Å²) in [6.07, 6.45) is -0.152. The molecular formula is C22H27O7P. The van der Waals surface area contributed by atoms with Gasteiger partial charge in [0.2, 0.25) is 5.52 Å². The zero-order valence-electron chi connectivity index (χ0n) is 17.7. The SMILES string of the molecule is CCOc1cccc(OCC)c1C(=O)CC[PH](=O)C(=O)c1c(OC)cccc1OC. The third kappa shape index (κ3) is 5.42. The molecule has 0 N–H and O–H groups in total. The van der Waals surface area contributed by atoms with Crippen molar-refractivity contribution in [1.29, 1.82) is 0 Å². The van der Waals surface area contributed by atoms with Gasteiger partial charge in [-0.25, -0.2) is 0 Å². The fourth-order valence-corrected chi connectivity index (χ4v) is 4.22. The number of benzene rings is 2. The Labute approximate surface area is 177 Å². The van der Waals surface area contributed by atoms with Gasteiger partial charge in [0.05, 0.1) is 27.4 Å². The quantitative estimate of drug-likeness (QED) is 0.360. The van der Waals surface area contributed by atoms with Crippen LogP contribution in [0.25, 0.3) is 0 Å². The average molecular weight is 434 g/mol. The highest BCUT2D eigenvalue weighted by atomic mass is 31.1. The number of methoxy groups -OCH3 is 2. The number of rotatable bonds is 12. The Hall–Kier alpha value is -2.79. The summed E-state index contributed by atoms with van der Waals surface area (Å²) < 4.78 is 34.3. The molecule has 0 saturated heterocycles. The largest absolute Gasteiger partial charge is 0.496 e. The molecule has 30 heavy (non-hydrogen) atoms. The summed E-state index contributed by atoms with van der Waals surface area (Å²) in [4.78, 5) is 25.7. The van der Waals surface area contributed by atoms with Crippen LogP contribution in [-0.4, -0.2) is 44.9 Å². The molecule has 0 radical (unpaired) electrons. The van der Waals surface area contributed by atoms with E-state index in [1.165, 1.54) is 14.2 Å². The van der Waals surface area contributed by atoms with Gasteiger partial charge in [0, 0.05) is 12.6 Å². The smallest absolute Gasteiger partial charge is 0.225 e. The Balaban J connectivity index is 2.21. The molecule has 0 bridgehead atoms. The summed E-state index contributed by atoms with van der Waals surface area (Å²) in [6.45, 7) is 4.41. The van der Waals surface area contributed by atoms with Gasteiger partial charge in [0.25, 0.3) is 0 Å². The maximum atomic E-state index is 12.9. The first-order valence-electron chi connectivity index (χ1n) is 9.68. The number of carbonyl (C=O) groups excluding carboxylic acids is 2. The van der Waals surface area contributed by atoms with E-state index in [4.69, 9.17) is 18.9 Å². The first-order valence-corrected chi connectivity index (χ1v) is 11.3. The fraction of sp³-hybridized carbons (Fsp3) is 0.364. The number of hydrogen-bond acceptors (Lipinski definition) is 7. The molecule has 8 heteroatoms. The number of ketones is 1. The van der Waals surface area contributed by atoms with Gasteiger partial charge in [-0.15, -0.1) is 0 Å². The van der Waals surface area contributed by atoms with E-state index < -0.39 is 13.3 Å². The minimum absolute atomic E-state index is 0.0738. The minimum Gasteiger partial charge on any atom is -0.496 e. The van der Waals surface area contributed by atoms with Crippen LogP contribution >= 0.6 is 7.80 Å². The van der Waals surface area contributed by atoms with Crippen LogP contribution in [0.2, 0.25) is 0 Å². The van der Waals surface area contributed by atoms with Gasteiger partial charge in [-0.3, -0.25) is 9.59 Å². The lowest BCUT2D eigenvalue weighted by Crippen LogP contribution is -2.09. The van der Waals surface area contributed by atoms with Gasteiger partial charge in [-0.2, -0.15) is 0 Å². The van der Waals surface area contributed by atoms with E-state index in [1.807, 2.05) is 13.8 Å². The van der Waals surface area contributed by atoms with Crippen molar-refractivity contribution in [3.8, 4) is 23.0 Å². The Morgan fingerprint density at radius 1 is 0.800 bits per heavy atom. The predicted octanol–water partition coefficient (Wildman–Crippen LogP) is 4.47. The number of ether oxygens (including phenoxy) is 4. The van der Waals surface area contributed by atoms with Crippen molar-refractivity contribution < 1.29 is 33.1 Å². The van der Waals surface area contributed by atoms with Gasteiger partial charge < -0.3 is 23.5 Å². The third-order valence-electron chi connectivity index (χ3n) is 4.35. The summed E-state index contributed by atoms with van der Waals surface area (Å²) in [5.74, 6) is 1.09. The topological polar surface area (TPSA) is 88.1 Å². The molecule has 7 nitrogen and oxygen atoms in total. The normalized spacial score (nSPS) is 11.5. The van der Waals surface area contributed by atoms with Gasteiger partial charge in [0.15, 0.2) is 5.78 Å². The van der Waals surface area contributed by atoms with Crippen molar-refractivity contribution in [2.75, 3.05) is 33.6 Å². The molecule has 0 spiro atoms. The van der Waals surface area contributed by atoms with Crippen LogP contribution in [0.4, 0.5) is 0 Å². The molecule has 0 saturated carbocycles. The zero-order chi connectivity index (χ0) is 22.1. The van der Waals surface area contributed by atoms with Gasteiger partial charge in [-0.1, -0.05) is 12.1 Å². The first kappa shape index (κ1) is 23.5. The number of hydrogen-bond donors (Lipinski definition) is 0. The van der Waals surface area contributed by atoms with Crippen LogP contribution in [0.1, 0.15) is 41.0 Å².